The van der Waals surface area contributed by atoms with Crippen LogP contribution in [0.15, 0.2) is 60.7 Å². The van der Waals surface area contributed by atoms with Gasteiger partial charge in [-0.3, -0.25) is 4.57 Å². The fraction of sp³-hybridized carbons (Fsp3) is 0.290. The first-order valence-corrected chi connectivity index (χ1v) is 13.7. The predicted octanol–water partition coefficient (Wildman–Crippen LogP) is 6.91. The molecule has 0 bridgehead atoms. The van der Waals surface area contributed by atoms with Gasteiger partial charge in [-0.2, -0.15) is 13.2 Å². The summed E-state index contributed by atoms with van der Waals surface area (Å²) in [5.74, 6) is -2.86. The number of urea groups is 1. The van der Waals surface area contributed by atoms with Crippen LogP contribution in [0.5, 0.6) is 0 Å². The largest absolute Gasteiger partial charge is 0.490 e. The molecule has 0 unspecified atom stereocenters. The lowest BCUT2D eigenvalue weighted by Gasteiger charge is -2.18. The maximum atomic E-state index is 12.7. The number of carbonyl (C=O) groups excluding carboxylic acids is 1. The van der Waals surface area contributed by atoms with Gasteiger partial charge in [-0.05, 0) is 67.1 Å². The topological polar surface area (TPSA) is 125 Å². The highest BCUT2D eigenvalue weighted by molar-refractivity contribution is 5.99. The smallest absolute Gasteiger partial charge is 0.478 e. The fourth-order valence-corrected chi connectivity index (χ4v) is 5.06. The number of anilines is 1. The number of benzene rings is 3. The number of aromatic nitrogens is 2. The lowest BCUT2D eigenvalue weighted by Crippen LogP contribution is -2.32. The molecule has 12 heteroatoms. The number of hydrogen-bond acceptors (Lipinski definition) is 4. The van der Waals surface area contributed by atoms with Gasteiger partial charge in [0.15, 0.2) is 0 Å². The maximum absolute atomic E-state index is 12.7. The third kappa shape index (κ3) is 6.96. The van der Waals surface area contributed by atoms with E-state index >= 15 is 0 Å². The van der Waals surface area contributed by atoms with E-state index in [1.165, 1.54) is 0 Å². The molecule has 0 radical (unpaired) electrons. The van der Waals surface area contributed by atoms with Gasteiger partial charge in [0.1, 0.15) is 5.82 Å². The van der Waals surface area contributed by atoms with Crippen molar-refractivity contribution in [3.8, 4) is 16.8 Å². The zero-order valence-electron chi connectivity index (χ0n) is 23.6. The number of rotatable bonds is 6. The number of aryl methyl sites for hydroxylation is 1. The molecular weight excluding hydrogens is 565 g/mol. The van der Waals surface area contributed by atoms with E-state index in [0.29, 0.717) is 16.8 Å². The Kier molecular flexibility index (Phi) is 9.37. The van der Waals surface area contributed by atoms with Crippen LogP contribution in [0.3, 0.4) is 0 Å². The molecule has 226 valence electrons. The third-order valence-corrected chi connectivity index (χ3v) is 7.06. The van der Waals surface area contributed by atoms with Crippen LogP contribution >= 0.6 is 0 Å². The van der Waals surface area contributed by atoms with Gasteiger partial charge >= 0.3 is 24.1 Å². The number of nitrogens with zero attached hydrogens (tertiary/aromatic N) is 3. The van der Waals surface area contributed by atoms with Crippen LogP contribution in [-0.2, 0) is 11.2 Å². The van der Waals surface area contributed by atoms with Crippen molar-refractivity contribution in [3.05, 3.63) is 77.6 Å². The van der Waals surface area contributed by atoms with Crippen LogP contribution in [0.25, 0.3) is 27.8 Å². The van der Waals surface area contributed by atoms with E-state index in [0.717, 1.165) is 66.9 Å². The second-order valence-corrected chi connectivity index (χ2v) is 10.0. The highest BCUT2D eigenvalue weighted by atomic mass is 19.4. The Labute approximate surface area is 245 Å². The molecular formula is C31H31F3N4O5. The second-order valence-electron chi connectivity index (χ2n) is 10.0. The highest BCUT2D eigenvalue weighted by Crippen LogP contribution is 2.33. The first-order chi connectivity index (χ1) is 20.4. The molecule has 0 saturated carbocycles. The second kappa shape index (κ2) is 13.0. The van der Waals surface area contributed by atoms with Gasteiger partial charge in [-0.1, -0.05) is 43.3 Å². The number of alkyl halides is 3. The van der Waals surface area contributed by atoms with Crippen LogP contribution in [0.1, 0.15) is 47.9 Å². The zero-order chi connectivity index (χ0) is 31.3. The highest BCUT2D eigenvalue weighted by Gasteiger charge is 2.38. The molecule has 1 aliphatic rings. The molecule has 5 rings (SSSR count). The predicted molar refractivity (Wildman–Crippen MR) is 156 cm³/mol. The number of amides is 2. The Hall–Kier alpha value is -4.87. The quantitative estimate of drug-likeness (QED) is 0.222. The molecule has 0 aliphatic carbocycles. The Morgan fingerprint density at radius 2 is 1.63 bits per heavy atom. The summed E-state index contributed by atoms with van der Waals surface area (Å²) in [5.41, 5.74) is 5.62. The Bertz CT molecular complexity index is 1640. The van der Waals surface area contributed by atoms with E-state index in [-0.39, 0.29) is 11.6 Å². The number of hydrogen-bond donors (Lipinski definition) is 3. The summed E-state index contributed by atoms with van der Waals surface area (Å²) in [7, 11) is 0. The summed E-state index contributed by atoms with van der Waals surface area (Å²) in [6.45, 7) is 5.50. The van der Waals surface area contributed by atoms with Gasteiger partial charge in [-0.25, -0.2) is 19.4 Å². The van der Waals surface area contributed by atoms with Crippen LogP contribution in [0.4, 0.5) is 23.7 Å². The summed E-state index contributed by atoms with van der Waals surface area (Å²) >= 11 is 0. The van der Waals surface area contributed by atoms with E-state index in [2.05, 4.69) is 12.2 Å². The van der Waals surface area contributed by atoms with Gasteiger partial charge < -0.3 is 20.4 Å². The van der Waals surface area contributed by atoms with E-state index in [1.54, 1.807) is 0 Å². The fourth-order valence-electron chi connectivity index (χ4n) is 5.06. The zero-order valence-corrected chi connectivity index (χ0v) is 23.6. The number of likely N-dealkylation sites (tertiary alicyclic amines) is 1. The SMILES string of the molecule is CCCc1nc2ccc(NC(=O)N3CCCC3)cc2n1-c1ccc(-c2ccccc2)c(C(=O)O)c1C.O=C(O)C(F)(F)F. The number of aliphatic carboxylic acids is 1. The standard InChI is InChI=1S/C29H30N4O3.C2HF3O2/c1-3-9-26-31-23-14-12-21(30-29(36)32-16-7-8-17-32)18-25(23)33(26)24-15-13-22(20-10-5-4-6-11-20)27(19(24)2)28(34)35;3-2(4,5)1(6)7/h4-6,10-15,18H,3,7-9,16-17H2,1-2H3,(H,30,36)(H,34,35);(H,6,7). The Morgan fingerprint density at radius 3 is 2.21 bits per heavy atom. The van der Waals surface area contributed by atoms with Crippen molar-refractivity contribution < 1.29 is 37.8 Å². The number of carboxylic acids is 2. The molecule has 4 aromatic rings. The monoisotopic (exact) mass is 596 g/mol. The number of halogens is 3. The number of imidazole rings is 1. The number of carbonyl (C=O) groups is 3. The Morgan fingerprint density at radius 1 is 0.977 bits per heavy atom. The van der Waals surface area contributed by atoms with Crippen molar-refractivity contribution in [2.75, 3.05) is 18.4 Å². The molecule has 1 aliphatic heterocycles. The molecule has 2 heterocycles. The van der Waals surface area contributed by atoms with Crippen molar-refractivity contribution in [2.24, 2.45) is 0 Å². The third-order valence-electron chi connectivity index (χ3n) is 7.06. The number of nitrogens with one attached hydrogen (secondary N) is 1. The van der Waals surface area contributed by atoms with E-state index in [1.807, 2.05) is 77.1 Å². The molecule has 3 N–H and O–H groups in total. The van der Waals surface area contributed by atoms with Gasteiger partial charge in [-0.15, -0.1) is 0 Å². The van der Waals surface area contributed by atoms with E-state index in [9.17, 15) is 27.9 Å². The molecule has 0 atom stereocenters. The summed E-state index contributed by atoms with van der Waals surface area (Å²) in [5, 5.41) is 20.3. The average molecular weight is 597 g/mol. The molecule has 3 aromatic carbocycles. The van der Waals surface area contributed by atoms with Crippen molar-refractivity contribution >= 4 is 34.7 Å². The number of fused-ring (bicyclic) bond motifs is 1. The summed E-state index contributed by atoms with van der Waals surface area (Å²) in [4.78, 5) is 40.7. The minimum Gasteiger partial charge on any atom is -0.478 e. The lowest BCUT2D eigenvalue weighted by molar-refractivity contribution is -0.192. The van der Waals surface area contributed by atoms with Crippen molar-refractivity contribution in [3.63, 3.8) is 0 Å². The summed E-state index contributed by atoms with van der Waals surface area (Å²) in [6.07, 6.45) is -1.38. The van der Waals surface area contributed by atoms with Gasteiger partial charge in [0.2, 0.25) is 0 Å². The summed E-state index contributed by atoms with van der Waals surface area (Å²) < 4.78 is 33.8. The normalized spacial score (nSPS) is 13.0. The van der Waals surface area contributed by atoms with Gasteiger partial charge in [0.05, 0.1) is 22.3 Å². The first-order valence-electron chi connectivity index (χ1n) is 13.7. The van der Waals surface area contributed by atoms with Crippen LogP contribution in [-0.4, -0.2) is 61.9 Å². The minimum atomic E-state index is -5.08. The molecule has 9 nitrogen and oxygen atoms in total. The van der Waals surface area contributed by atoms with Crippen molar-refractivity contribution in [1.82, 2.24) is 14.5 Å². The van der Waals surface area contributed by atoms with Crippen molar-refractivity contribution in [2.45, 2.75) is 45.7 Å². The molecule has 0 spiro atoms. The van der Waals surface area contributed by atoms with Gasteiger partial charge in [0.25, 0.3) is 0 Å². The van der Waals surface area contributed by atoms with E-state index < -0.39 is 18.1 Å². The van der Waals surface area contributed by atoms with E-state index in [4.69, 9.17) is 14.9 Å². The van der Waals surface area contributed by atoms with Crippen LogP contribution in [0, 0.1) is 6.92 Å². The first kappa shape index (κ1) is 31.1. The average Bonchev–Trinajstić information content (AvgIpc) is 3.62. The molecule has 1 fully saturated rings. The Balaban J connectivity index is 0.000000541. The number of carboxylic acid groups (broad SMARTS) is 2. The number of aromatic carboxylic acids is 1. The lowest BCUT2D eigenvalue weighted by atomic mass is 9.94. The maximum Gasteiger partial charge on any atom is 0.490 e. The molecule has 43 heavy (non-hydrogen) atoms. The minimum absolute atomic E-state index is 0.0942. The van der Waals surface area contributed by atoms with Crippen LogP contribution in [0.2, 0.25) is 0 Å². The van der Waals surface area contributed by atoms with Crippen LogP contribution < -0.4 is 5.32 Å². The van der Waals surface area contributed by atoms with Gasteiger partial charge in [0, 0.05) is 25.2 Å². The molecule has 1 saturated heterocycles. The summed E-state index contributed by atoms with van der Waals surface area (Å²) in [6, 6.07) is 19.0. The van der Waals surface area contributed by atoms with Crippen molar-refractivity contribution in [1.29, 1.82) is 0 Å². The molecule has 1 aromatic heterocycles. The molecule has 2 amide bonds.